The number of ether oxygens (including phenoxy) is 3. The van der Waals surface area contributed by atoms with Crippen molar-refractivity contribution in [3.63, 3.8) is 0 Å². The van der Waals surface area contributed by atoms with E-state index in [0.29, 0.717) is 19.1 Å². The highest BCUT2D eigenvalue weighted by molar-refractivity contribution is 5.83. The topological polar surface area (TPSA) is 65.1 Å². The number of likely N-dealkylation sites (tertiary alicyclic amines) is 1. The van der Waals surface area contributed by atoms with Crippen LogP contribution in [0.25, 0.3) is 0 Å². The zero-order valence-corrected chi connectivity index (χ0v) is 14.1. The quantitative estimate of drug-likeness (QED) is 0.694. The van der Waals surface area contributed by atoms with Crippen molar-refractivity contribution in [1.29, 1.82) is 0 Å². The molecule has 4 atom stereocenters. The van der Waals surface area contributed by atoms with E-state index in [0.717, 1.165) is 12.8 Å². The number of hydrogen-bond acceptors (Lipinski definition) is 5. The Kier molecular flexibility index (Phi) is 5.00. The largest absolute Gasteiger partial charge is 0.467 e. The molecule has 2 aliphatic heterocycles. The lowest BCUT2D eigenvalue weighted by atomic mass is 9.91. The molecule has 0 N–H and O–H groups in total. The molecule has 2 heterocycles. The maximum atomic E-state index is 12.4. The third-order valence-electron chi connectivity index (χ3n) is 4.24. The smallest absolute Gasteiger partial charge is 0.411 e. The van der Waals surface area contributed by atoms with Gasteiger partial charge in [0.2, 0.25) is 0 Å². The molecular formula is C16H27NO5. The number of nitrogens with zero attached hydrogens (tertiary/aromatic N) is 1. The molecule has 0 bridgehead atoms. The molecule has 0 aromatic heterocycles. The number of hydrogen-bond donors (Lipinski definition) is 0. The Labute approximate surface area is 132 Å². The van der Waals surface area contributed by atoms with Gasteiger partial charge in [0.1, 0.15) is 5.60 Å². The van der Waals surface area contributed by atoms with E-state index in [-0.39, 0.29) is 12.0 Å². The molecule has 6 nitrogen and oxygen atoms in total. The van der Waals surface area contributed by atoms with Gasteiger partial charge in [-0.2, -0.15) is 0 Å². The minimum absolute atomic E-state index is 0.147. The molecule has 22 heavy (non-hydrogen) atoms. The van der Waals surface area contributed by atoms with E-state index in [2.05, 4.69) is 6.92 Å². The fraction of sp³-hybridized carbons (Fsp3) is 0.875. The monoisotopic (exact) mass is 313 g/mol. The molecule has 2 fully saturated rings. The average molecular weight is 313 g/mol. The van der Waals surface area contributed by atoms with Crippen LogP contribution in [-0.2, 0) is 19.0 Å². The van der Waals surface area contributed by atoms with Gasteiger partial charge in [-0.05, 0) is 39.5 Å². The van der Waals surface area contributed by atoms with Gasteiger partial charge in [0, 0.05) is 19.1 Å². The Morgan fingerprint density at radius 3 is 2.55 bits per heavy atom. The normalized spacial score (nSPS) is 32.1. The molecule has 0 aromatic rings. The van der Waals surface area contributed by atoms with Gasteiger partial charge >= 0.3 is 12.1 Å². The Hall–Kier alpha value is -1.30. The minimum Gasteiger partial charge on any atom is -0.467 e. The summed E-state index contributed by atoms with van der Waals surface area (Å²) >= 11 is 0. The minimum atomic E-state index is -0.713. The summed E-state index contributed by atoms with van der Waals surface area (Å²) in [6, 6.07) is -0.713. The summed E-state index contributed by atoms with van der Waals surface area (Å²) in [7, 11) is 1.34. The summed E-state index contributed by atoms with van der Waals surface area (Å²) in [6.45, 7) is 8.69. The van der Waals surface area contributed by atoms with Crippen molar-refractivity contribution in [3.8, 4) is 0 Å². The van der Waals surface area contributed by atoms with Crippen molar-refractivity contribution in [2.45, 2.75) is 58.3 Å². The molecule has 2 aliphatic rings. The van der Waals surface area contributed by atoms with Crippen LogP contribution in [0.2, 0.25) is 0 Å². The maximum Gasteiger partial charge on any atom is 0.411 e. The van der Waals surface area contributed by atoms with E-state index in [1.165, 1.54) is 12.0 Å². The van der Waals surface area contributed by atoms with Crippen LogP contribution in [-0.4, -0.2) is 55.0 Å². The molecule has 0 aliphatic carbocycles. The first-order valence-corrected chi connectivity index (χ1v) is 7.92. The van der Waals surface area contributed by atoms with Gasteiger partial charge in [-0.1, -0.05) is 6.92 Å². The molecule has 0 radical (unpaired) electrons. The molecule has 2 saturated heterocycles. The van der Waals surface area contributed by atoms with Crippen LogP contribution >= 0.6 is 0 Å². The molecule has 0 aromatic carbocycles. The van der Waals surface area contributed by atoms with E-state index in [1.807, 2.05) is 20.8 Å². The van der Waals surface area contributed by atoms with Gasteiger partial charge in [-0.25, -0.2) is 9.59 Å². The number of fused-ring (bicyclic) bond motifs is 1. The van der Waals surface area contributed by atoms with E-state index in [9.17, 15) is 9.59 Å². The van der Waals surface area contributed by atoms with Crippen molar-refractivity contribution in [2.75, 3.05) is 20.3 Å². The molecule has 0 spiro atoms. The first-order chi connectivity index (χ1) is 10.2. The Morgan fingerprint density at radius 1 is 1.27 bits per heavy atom. The van der Waals surface area contributed by atoms with Gasteiger partial charge in [-0.15, -0.1) is 0 Å². The zero-order chi connectivity index (χ0) is 16.5. The predicted octanol–water partition coefficient (Wildman–Crippen LogP) is 2.21. The van der Waals surface area contributed by atoms with Crippen LogP contribution in [0.3, 0.4) is 0 Å². The molecule has 1 amide bonds. The molecule has 126 valence electrons. The first kappa shape index (κ1) is 17.1. The number of amides is 1. The summed E-state index contributed by atoms with van der Waals surface area (Å²) in [6.07, 6.45) is 1.14. The SMILES string of the molecule is COC(=O)[C@@H]1[C@@H]2OCC[C@@H](C)C[C@H]2CN1C(=O)OC(C)(C)C. The van der Waals surface area contributed by atoms with Crippen LogP contribution in [0.15, 0.2) is 0 Å². The molecule has 0 saturated carbocycles. The fourth-order valence-electron chi connectivity index (χ4n) is 3.27. The van der Waals surface area contributed by atoms with Crippen molar-refractivity contribution in [2.24, 2.45) is 11.8 Å². The van der Waals surface area contributed by atoms with Crippen LogP contribution in [0, 0.1) is 11.8 Å². The summed E-state index contributed by atoms with van der Waals surface area (Å²) in [4.78, 5) is 26.1. The Balaban J connectivity index is 2.21. The standard InChI is InChI=1S/C16H27NO5/c1-10-6-7-21-13-11(8-10)9-17(12(13)14(18)20-5)15(19)22-16(2,3)4/h10-13H,6-9H2,1-5H3/t10-,11+,12+,13-/m1/s1. The van der Waals surface area contributed by atoms with E-state index >= 15 is 0 Å². The third kappa shape index (κ3) is 3.72. The molecule has 6 heteroatoms. The van der Waals surface area contributed by atoms with Gasteiger partial charge in [0.15, 0.2) is 6.04 Å². The average Bonchev–Trinajstić information content (AvgIpc) is 2.65. The lowest BCUT2D eigenvalue weighted by molar-refractivity contribution is -0.150. The second kappa shape index (κ2) is 6.44. The highest BCUT2D eigenvalue weighted by Crippen LogP contribution is 2.36. The number of carbonyl (C=O) groups is 2. The van der Waals surface area contributed by atoms with Crippen molar-refractivity contribution in [3.05, 3.63) is 0 Å². The summed E-state index contributed by atoms with van der Waals surface area (Å²) in [5.74, 6) is 0.230. The summed E-state index contributed by atoms with van der Waals surface area (Å²) in [5.41, 5.74) is -0.601. The van der Waals surface area contributed by atoms with Crippen molar-refractivity contribution in [1.82, 2.24) is 4.90 Å². The van der Waals surface area contributed by atoms with Crippen LogP contribution in [0.5, 0.6) is 0 Å². The van der Waals surface area contributed by atoms with E-state index in [4.69, 9.17) is 14.2 Å². The summed E-state index contributed by atoms with van der Waals surface area (Å²) in [5, 5.41) is 0. The van der Waals surface area contributed by atoms with Crippen LogP contribution < -0.4 is 0 Å². The molecule has 0 unspecified atom stereocenters. The maximum absolute atomic E-state index is 12.4. The zero-order valence-electron chi connectivity index (χ0n) is 14.1. The lowest BCUT2D eigenvalue weighted by Gasteiger charge is -2.28. The third-order valence-corrected chi connectivity index (χ3v) is 4.24. The number of rotatable bonds is 1. The van der Waals surface area contributed by atoms with Crippen molar-refractivity contribution >= 4 is 12.1 Å². The molecule has 2 rings (SSSR count). The molecular weight excluding hydrogens is 286 g/mol. The van der Waals surface area contributed by atoms with Gasteiger partial charge in [-0.3, -0.25) is 4.90 Å². The van der Waals surface area contributed by atoms with Gasteiger partial charge in [0.05, 0.1) is 13.2 Å². The second-order valence-electron chi connectivity index (χ2n) is 7.33. The highest BCUT2D eigenvalue weighted by atomic mass is 16.6. The summed E-state index contributed by atoms with van der Waals surface area (Å²) < 4.78 is 16.2. The van der Waals surface area contributed by atoms with Crippen molar-refractivity contribution < 1.29 is 23.8 Å². The first-order valence-electron chi connectivity index (χ1n) is 7.92. The number of esters is 1. The van der Waals surface area contributed by atoms with E-state index in [1.54, 1.807) is 0 Å². The number of carbonyl (C=O) groups excluding carboxylic acids is 2. The van der Waals surface area contributed by atoms with Crippen LogP contribution in [0.4, 0.5) is 4.79 Å². The van der Waals surface area contributed by atoms with Gasteiger partial charge in [0.25, 0.3) is 0 Å². The number of methoxy groups -OCH3 is 1. The predicted molar refractivity (Wildman–Crippen MR) is 80.4 cm³/mol. The highest BCUT2D eigenvalue weighted by Gasteiger charge is 2.51. The lowest BCUT2D eigenvalue weighted by Crippen LogP contribution is -2.48. The Bertz CT molecular complexity index is 431. The fourth-order valence-corrected chi connectivity index (χ4v) is 3.27. The second-order valence-corrected chi connectivity index (χ2v) is 7.33. The van der Waals surface area contributed by atoms with Crippen LogP contribution in [0.1, 0.15) is 40.5 Å². The Morgan fingerprint density at radius 2 is 1.95 bits per heavy atom. The van der Waals surface area contributed by atoms with E-state index < -0.39 is 23.7 Å². The van der Waals surface area contributed by atoms with Gasteiger partial charge < -0.3 is 14.2 Å².